The summed E-state index contributed by atoms with van der Waals surface area (Å²) < 4.78 is 0. The molecule has 0 amide bonds. The van der Waals surface area contributed by atoms with Crippen molar-refractivity contribution in [3.8, 4) is 16.9 Å². The van der Waals surface area contributed by atoms with Gasteiger partial charge in [-0.1, -0.05) is 64.7 Å². The Morgan fingerprint density at radius 1 is 1.15 bits per heavy atom. The van der Waals surface area contributed by atoms with Gasteiger partial charge in [0.1, 0.15) is 5.75 Å². The number of carboxylic acids is 1. The Bertz CT molecular complexity index is 750. The number of hydrogen-bond donors (Lipinski definition) is 2. The molecule has 2 N–H and O–H groups in total. The Morgan fingerprint density at radius 2 is 1.81 bits per heavy atom. The Labute approximate surface area is 159 Å². The lowest BCUT2D eigenvalue weighted by Crippen LogP contribution is -2.32. The first kappa shape index (κ1) is 20.2. The smallest absolute Gasteiger partial charge is 0.335 e. The van der Waals surface area contributed by atoms with Gasteiger partial charge in [0.2, 0.25) is 0 Å². The number of aromatic carboxylic acids is 1. The zero-order chi connectivity index (χ0) is 19.3. The third-order valence-electron chi connectivity index (χ3n) is 5.61. The summed E-state index contributed by atoms with van der Waals surface area (Å²) in [6.45, 7) is 6.77. The van der Waals surface area contributed by atoms with Crippen molar-refractivity contribution >= 4 is 16.2 Å². The zero-order valence-corrected chi connectivity index (χ0v) is 18.2. The monoisotopic (exact) mass is 370 g/mol. The van der Waals surface area contributed by atoms with E-state index in [0.717, 1.165) is 33.4 Å². The molecule has 2 aromatic rings. The topological polar surface area (TPSA) is 57.5 Å². The molecule has 4 heteroatoms. The minimum atomic E-state index is -0.889. The number of carbonyl (C=O) groups is 1. The SMILES string of the molecule is CCCCCC(C)C(C)([SiH3])c1cc(C(=O)O)ccc1-c1ccc(O)cc1. The number of aromatic hydroxyl groups is 1. The largest absolute Gasteiger partial charge is 0.508 e. The molecule has 26 heavy (non-hydrogen) atoms. The van der Waals surface area contributed by atoms with Gasteiger partial charge in [0.05, 0.1) is 5.56 Å². The first-order valence-corrected chi connectivity index (χ1v) is 10.4. The van der Waals surface area contributed by atoms with Crippen LogP contribution < -0.4 is 0 Å². The molecule has 0 aliphatic carbocycles. The van der Waals surface area contributed by atoms with Crippen molar-refractivity contribution in [2.75, 3.05) is 0 Å². The molecule has 0 fully saturated rings. The molecule has 2 atom stereocenters. The van der Waals surface area contributed by atoms with Gasteiger partial charge in [-0.15, -0.1) is 0 Å². The summed E-state index contributed by atoms with van der Waals surface area (Å²) in [5.74, 6) is -0.167. The molecule has 0 saturated carbocycles. The summed E-state index contributed by atoms with van der Waals surface area (Å²) in [4.78, 5) is 11.5. The third kappa shape index (κ3) is 4.55. The van der Waals surface area contributed by atoms with E-state index in [1.54, 1.807) is 18.2 Å². The Morgan fingerprint density at radius 3 is 2.38 bits per heavy atom. The fraction of sp³-hybridized carbons (Fsp3) is 0.409. The van der Waals surface area contributed by atoms with Crippen molar-refractivity contribution < 1.29 is 15.0 Å². The molecule has 2 aromatic carbocycles. The van der Waals surface area contributed by atoms with Crippen LogP contribution in [0.15, 0.2) is 42.5 Å². The number of unbranched alkanes of at least 4 members (excludes halogenated alkanes) is 2. The van der Waals surface area contributed by atoms with Crippen LogP contribution in [-0.2, 0) is 5.04 Å². The van der Waals surface area contributed by atoms with Gasteiger partial charge in [-0.3, -0.25) is 0 Å². The summed E-state index contributed by atoms with van der Waals surface area (Å²) in [7, 11) is 0.937. The molecular formula is C22H30O3Si. The first-order valence-electron chi connectivity index (χ1n) is 9.44. The van der Waals surface area contributed by atoms with Crippen LogP contribution in [0, 0.1) is 5.92 Å². The minimum Gasteiger partial charge on any atom is -0.508 e. The van der Waals surface area contributed by atoms with Gasteiger partial charge in [0.15, 0.2) is 0 Å². The van der Waals surface area contributed by atoms with E-state index < -0.39 is 5.97 Å². The number of hydrogen-bond acceptors (Lipinski definition) is 2. The molecule has 2 unspecified atom stereocenters. The zero-order valence-electron chi connectivity index (χ0n) is 16.2. The van der Waals surface area contributed by atoms with E-state index in [0.29, 0.717) is 11.5 Å². The highest BCUT2D eigenvalue weighted by molar-refractivity contribution is 6.16. The summed E-state index contributed by atoms with van der Waals surface area (Å²) in [6, 6.07) is 12.6. The van der Waals surface area contributed by atoms with Gasteiger partial charge < -0.3 is 10.2 Å². The third-order valence-corrected chi connectivity index (χ3v) is 7.14. The van der Waals surface area contributed by atoms with Gasteiger partial charge in [-0.2, -0.15) is 0 Å². The lowest BCUT2D eigenvalue weighted by atomic mass is 9.80. The van der Waals surface area contributed by atoms with Crippen LogP contribution in [0.4, 0.5) is 0 Å². The highest BCUT2D eigenvalue weighted by Gasteiger charge is 2.30. The first-order chi connectivity index (χ1) is 12.3. The van der Waals surface area contributed by atoms with Gasteiger partial charge in [0, 0.05) is 10.2 Å². The molecule has 0 saturated heterocycles. The van der Waals surface area contributed by atoms with E-state index in [1.165, 1.54) is 19.3 Å². The van der Waals surface area contributed by atoms with E-state index >= 15 is 0 Å². The minimum absolute atomic E-state index is 0.0214. The number of rotatable bonds is 8. The van der Waals surface area contributed by atoms with Crippen LogP contribution in [0.25, 0.3) is 11.1 Å². The summed E-state index contributed by atoms with van der Waals surface area (Å²) in [6.07, 6.45) is 4.81. The summed E-state index contributed by atoms with van der Waals surface area (Å²) >= 11 is 0. The second-order valence-electron chi connectivity index (χ2n) is 7.73. The fourth-order valence-electron chi connectivity index (χ4n) is 3.43. The summed E-state index contributed by atoms with van der Waals surface area (Å²) in [5.41, 5.74) is 3.52. The van der Waals surface area contributed by atoms with E-state index in [9.17, 15) is 15.0 Å². The van der Waals surface area contributed by atoms with Crippen LogP contribution in [0.1, 0.15) is 62.4 Å². The van der Waals surface area contributed by atoms with Crippen LogP contribution in [0.5, 0.6) is 5.75 Å². The molecule has 2 rings (SSSR count). The molecule has 0 aliphatic heterocycles. The number of phenolic OH excluding ortho intramolecular Hbond substituents is 1. The van der Waals surface area contributed by atoms with E-state index in [2.05, 4.69) is 20.8 Å². The van der Waals surface area contributed by atoms with Crippen molar-refractivity contribution in [3.63, 3.8) is 0 Å². The molecule has 0 aliphatic rings. The molecule has 0 bridgehead atoms. The average molecular weight is 371 g/mol. The average Bonchev–Trinajstić information content (AvgIpc) is 2.62. The lowest BCUT2D eigenvalue weighted by molar-refractivity contribution is 0.0696. The van der Waals surface area contributed by atoms with Crippen molar-refractivity contribution in [2.45, 2.75) is 51.5 Å². The highest BCUT2D eigenvalue weighted by atomic mass is 28.1. The van der Waals surface area contributed by atoms with Gasteiger partial charge >= 0.3 is 5.97 Å². The molecule has 3 nitrogen and oxygen atoms in total. The maximum Gasteiger partial charge on any atom is 0.335 e. The quantitative estimate of drug-likeness (QED) is 0.529. The van der Waals surface area contributed by atoms with Crippen LogP contribution in [-0.4, -0.2) is 26.4 Å². The molecule has 0 spiro atoms. The number of carboxylic acid groups (broad SMARTS) is 1. The van der Waals surface area contributed by atoms with Gasteiger partial charge in [-0.05, 0) is 51.9 Å². The van der Waals surface area contributed by atoms with Crippen LogP contribution >= 0.6 is 0 Å². The second-order valence-corrected chi connectivity index (χ2v) is 9.81. The highest BCUT2D eigenvalue weighted by Crippen LogP contribution is 2.39. The lowest BCUT2D eigenvalue weighted by Gasteiger charge is -2.35. The van der Waals surface area contributed by atoms with Crippen molar-refractivity contribution in [3.05, 3.63) is 53.6 Å². The van der Waals surface area contributed by atoms with Crippen molar-refractivity contribution in [1.29, 1.82) is 0 Å². The Hall–Kier alpha value is -2.07. The van der Waals surface area contributed by atoms with Crippen LogP contribution in [0.3, 0.4) is 0 Å². The Kier molecular flexibility index (Phi) is 6.65. The molecule has 0 aromatic heterocycles. The fourth-order valence-corrected chi connectivity index (χ4v) is 4.13. The predicted molar refractivity (Wildman–Crippen MR) is 111 cm³/mol. The number of benzene rings is 2. The van der Waals surface area contributed by atoms with E-state index in [4.69, 9.17) is 0 Å². The maximum atomic E-state index is 11.5. The molecular weight excluding hydrogens is 340 g/mol. The van der Waals surface area contributed by atoms with E-state index in [-0.39, 0.29) is 10.8 Å². The standard InChI is InChI=1S/C22H30O3Si/c1-4-5-6-7-15(2)22(3,26)20-14-17(21(24)25)10-13-19(20)16-8-11-18(23)12-9-16/h8-15,23H,4-7H2,1-3,26H3,(H,24,25). The van der Waals surface area contributed by atoms with Crippen molar-refractivity contribution in [2.24, 2.45) is 5.92 Å². The summed E-state index contributed by atoms with van der Waals surface area (Å²) in [5, 5.41) is 19.0. The normalized spacial score (nSPS) is 14.7. The van der Waals surface area contributed by atoms with E-state index in [1.807, 2.05) is 24.3 Å². The van der Waals surface area contributed by atoms with Crippen molar-refractivity contribution in [1.82, 2.24) is 0 Å². The van der Waals surface area contributed by atoms with Crippen LogP contribution in [0.2, 0.25) is 0 Å². The maximum absolute atomic E-state index is 11.5. The predicted octanol–water partition coefficient (Wildman–Crippen LogP) is 4.55. The number of phenols is 1. The van der Waals surface area contributed by atoms with Gasteiger partial charge in [0.25, 0.3) is 0 Å². The molecule has 140 valence electrons. The Balaban J connectivity index is 2.50. The molecule has 0 radical (unpaired) electrons. The second kappa shape index (κ2) is 8.54. The molecule has 0 heterocycles. The van der Waals surface area contributed by atoms with Gasteiger partial charge in [-0.25, -0.2) is 4.79 Å².